The van der Waals surface area contributed by atoms with Crippen LogP contribution >= 0.6 is 11.8 Å². The highest BCUT2D eigenvalue weighted by Gasteiger charge is 2.33. The summed E-state index contributed by atoms with van der Waals surface area (Å²) in [4.78, 5) is 29.1. The molecule has 0 radical (unpaired) electrons. The van der Waals surface area contributed by atoms with Crippen molar-refractivity contribution in [2.24, 2.45) is 7.05 Å². The van der Waals surface area contributed by atoms with Crippen LogP contribution in [0, 0.1) is 6.92 Å². The number of esters is 1. The largest absolute Gasteiger partial charge is 0.463 e. The van der Waals surface area contributed by atoms with Gasteiger partial charge in [-0.05, 0) is 19.4 Å². The van der Waals surface area contributed by atoms with Crippen LogP contribution in [0.1, 0.15) is 24.1 Å². The second-order valence-electron chi connectivity index (χ2n) is 6.01. The van der Waals surface area contributed by atoms with Crippen LogP contribution < -0.4 is 10.6 Å². The van der Waals surface area contributed by atoms with Gasteiger partial charge in [0.1, 0.15) is 6.33 Å². The Balaban J connectivity index is 1.97. The fourth-order valence-electron chi connectivity index (χ4n) is 2.74. The first-order valence-electron chi connectivity index (χ1n) is 8.50. The minimum Gasteiger partial charge on any atom is -0.463 e. The van der Waals surface area contributed by atoms with Gasteiger partial charge in [-0.3, -0.25) is 0 Å². The van der Waals surface area contributed by atoms with E-state index in [2.05, 4.69) is 20.7 Å². The number of nitrogens with zero attached hydrogens (tertiary/aromatic N) is 3. The van der Waals surface area contributed by atoms with Crippen molar-refractivity contribution >= 4 is 23.8 Å². The van der Waals surface area contributed by atoms with Crippen molar-refractivity contribution < 1.29 is 14.3 Å². The van der Waals surface area contributed by atoms with Gasteiger partial charge < -0.3 is 15.4 Å². The van der Waals surface area contributed by atoms with Gasteiger partial charge in [0.25, 0.3) is 0 Å². The number of rotatable bonds is 6. The molecule has 1 aromatic heterocycles. The maximum atomic E-state index is 12.7. The Labute approximate surface area is 161 Å². The first-order chi connectivity index (χ1) is 13.0. The SMILES string of the molecule is CCOC(=O)C1=C(CSc2ncnn2C)NC(=O)N[C@H]1c1ccc(C)cc1. The molecule has 2 N–H and O–H groups in total. The minimum atomic E-state index is -0.575. The predicted octanol–water partition coefficient (Wildman–Crippen LogP) is 2.09. The van der Waals surface area contributed by atoms with Gasteiger partial charge in [-0.1, -0.05) is 41.6 Å². The molecule has 1 aliphatic rings. The van der Waals surface area contributed by atoms with Crippen molar-refractivity contribution in [1.29, 1.82) is 0 Å². The van der Waals surface area contributed by atoms with Gasteiger partial charge in [-0.2, -0.15) is 5.10 Å². The summed E-state index contributed by atoms with van der Waals surface area (Å²) in [6.45, 7) is 3.98. The highest BCUT2D eigenvalue weighted by atomic mass is 32.2. The molecule has 0 spiro atoms. The lowest BCUT2D eigenvalue weighted by Crippen LogP contribution is -2.46. The quantitative estimate of drug-likeness (QED) is 0.582. The summed E-state index contributed by atoms with van der Waals surface area (Å²) in [6, 6.07) is 6.76. The molecule has 0 saturated heterocycles. The van der Waals surface area contributed by atoms with Crippen LogP contribution in [0.15, 0.2) is 47.0 Å². The molecule has 0 aliphatic carbocycles. The van der Waals surface area contributed by atoms with Crippen LogP contribution in [0.25, 0.3) is 0 Å². The number of urea groups is 1. The average molecular weight is 387 g/mol. The van der Waals surface area contributed by atoms with Crippen molar-refractivity contribution in [1.82, 2.24) is 25.4 Å². The molecule has 0 unspecified atom stereocenters. The van der Waals surface area contributed by atoms with Crippen molar-refractivity contribution in [2.45, 2.75) is 25.0 Å². The Morgan fingerprint density at radius 1 is 1.33 bits per heavy atom. The molecular formula is C18H21N5O3S. The highest BCUT2D eigenvalue weighted by Crippen LogP contribution is 2.30. The van der Waals surface area contributed by atoms with E-state index in [9.17, 15) is 9.59 Å². The number of benzene rings is 1. The lowest BCUT2D eigenvalue weighted by molar-refractivity contribution is -0.139. The van der Waals surface area contributed by atoms with Crippen LogP contribution in [0.2, 0.25) is 0 Å². The topological polar surface area (TPSA) is 98.1 Å². The second-order valence-corrected chi connectivity index (χ2v) is 6.95. The molecule has 0 fully saturated rings. The third kappa shape index (κ3) is 4.30. The van der Waals surface area contributed by atoms with E-state index in [4.69, 9.17) is 4.74 Å². The number of aryl methyl sites for hydroxylation is 2. The Kier molecular flexibility index (Phi) is 5.80. The smallest absolute Gasteiger partial charge is 0.338 e. The number of aromatic nitrogens is 3. The zero-order valence-corrected chi connectivity index (χ0v) is 16.2. The van der Waals surface area contributed by atoms with Gasteiger partial charge >= 0.3 is 12.0 Å². The molecule has 9 heteroatoms. The van der Waals surface area contributed by atoms with Crippen LogP contribution in [-0.4, -0.2) is 39.1 Å². The van der Waals surface area contributed by atoms with Crippen LogP contribution in [0.3, 0.4) is 0 Å². The third-order valence-electron chi connectivity index (χ3n) is 4.08. The lowest BCUT2D eigenvalue weighted by Gasteiger charge is -2.29. The van der Waals surface area contributed by atoms with E-state index < -0.39 is 12.0 Å². The molecular weight excluding hydrogens is 366 g/mol. The van der Waals surface area contributed by atoms with E-state index in [1.807, 2.05) is 31.2 Å². The van der Waals surface area contributed by atoms with E-state index in [0.717, 1.165) is 11.1 Å². The van der Waals surface area contributed by atoms with Gasteiger partial charge in [0.05, 0.1) is 18.2 Å². The summed E-state index contributed by atoms with van der Waals surface area (Å²) >= 11 is 1.38. The molecule has 0 saturated carbocycles. The second kappa shape index (κ2) is 8.26. The summed E-state index contributed by atoms with van der Waals surface area (Å²) in [7, 11) is 1.78. The van der Waals surface area contributed by atoms with Gasteiger partial charge in [0, 0.05) is 18.5 Å². The number of nitrogens with one attached hydrogen (secondary N) is 2. The van der Waals surface area contributed by atoms with E-state index in [1.165, 1.54) is 18.1 Å². The van der Waals surface area contributed by atoms with Gasteiger partial charge in [-0.25, -0.2) is 19.3 Å². The number of thioether (sulfide) groups is 1. The normalized spacial score (nSPS) is 16.7. The monoisotopic (exact) mass is 387 g/mol. The molecule has 8 nitrogen and oxygen atoms in total. The molecule has 2 aromatic rings. The Bertz CT molecular complexity index is 875. The van der Waals surface area contributed by atoms with E-state index in [-0.39, 0.29) is 12.6 Å². The molecule has 1 aromatic carbocycles. The van der Waals surface area contributed by atoms with Crippen molar-refractivity contribution in [3.05, 3.63) is 53.0 Å². The van der Waals surface area contributed by atoms with E-state index in [0.29, 0.717) is 22.2 Å². The average Bonchev–Trinajstić information content (AvgIpc) is 3.05. The molecule has 1 atom stereocenters. The van der Waals surface area contributed by atoms with E-state index in [1.54, 1.807) is 18.7 Å². The van der Waals surface area contributed by atoms with Gasteiger partial charge in [0.15, 0.2) is 5.16 Å². The fourth-order valence-corrected chi connectivity index (χ4v) is 3.60. The Morgan fingerprint density at radius 3 is 2.70 bits per heavy atom. The zero-order valence-electron chi connectivity index (χ0n) is 15.4. The lowest BCUT2D eigenvalue weighted by atomic mass is 9.95. The van der Waals surface area contributed by atoms with Gasteiger partial charge in [-0.15, -0.1) is 0 Å². The first kappa shape index (κ1) is 19.0. The van der Waals surface area contributed by atoms with Crippen molar-refractivity contribution in [2.75, 3.05) is 12.4 Å². The molecule has 142 valence electrons. The molecule has 27 heavy (non-hydrogen) atoms. The number of ether oxygens (including phenoxy) is 1. The van der Waals surface area contributed by atoms with Crippen LogP contribution in [-0.2, 0) is 16.6 Å². The Morgan fingerprint density at radius 2 is 2.07 bits per heavy atom. The molecule has 1 aliphatic heterocycles. The molecule has 0 bridgehead atoms. The Hall–Kier alpha value is -2.81. The fraction of sp³-hybridized carbons (Fsp3) is 0.333. The first-order valence-corrected chi connectivity index (χ1v) is 9.49. The molecule has 2 amide bonds. The predicted molar refractivity (Wildman–Crippen MR) is 101 cm³/mol. The summed E-state index contributed by atoms with van der Waals surface area (Å²) in [5, 5.41) is 10.3. The van der Waals surface area contributed by atoms with Crippen LogP contribution in [0.4, 0.5) is 4.79 Å². The number of hydrogen-bond donors (Lipinski definition) is 2. The number of carbonyl (C=O) groups excluding carboxylic acids is 2. The number of hydrogen-bond acceptors (Lipinski definition) is 6. The third-order valence-corrected chi connectivity index (χ3v) is 5.14. The summed E-state index contributed by atoms with van der Waals surface area (Å²) in [6.07, 6.45) is 1.46. The highest BCUT2D eigenvalue weighted by molar-refractivity contribution is 7.99. The zero-order chi connectivity index (χ0) is 19.4. The maximum Gasteiger partial charge on any atom is 0.338 e. The van der Waals surface area contributed by atoms with Gasteiger partial charge in [0.2, 0.25) is 0 Å². The van der Waals surface area contributed by atoms with Crippen molar-refractivity contribution in [3.63, 3.8) is 0 Å². The summed E-state index contributed by atoms with van der Waals surface area (Å²) in [5.74, 6) is -0.0969. The van der Waals surface area contributed by atoms with Crippen molar-refractivity contribution in [3.8, 4) is 0 Å². The number of carbonyl (C=O) groups is 2. The molecule has 3 rings (SSSR count). The standard InChI is InChI=1S/C18H21N5O3S/c1-4-26-16(24)14-13(9-27-18-19-10-20-23(18)3)21-17(25)22-15(14)12-7-5-11(2)6-8-12/h5-8,10,15H,4,9H2,1-3H3,(H2,21,22,25)/t15-/m0/s1. The number of amides is 2. The minimum absolute atomic E-state index is 0.251. The van der Waals surface area contributed by atoms with Crippen LogP contribution in [0.5, 0.6) is 0 Å². The summed E-state index contributed by atoms with van der Waals surface area (Å²) in [5.41, 5.74) is 2.82. The molecule has 2 heterocycles. The maximum absolute atomic E-state index is 12.7. The summed E-state index contributed by atoms with van der Waals surface area (Å²) < 4.78 is 6.89. The van der Waals surface area contributed by atoms with E-state index >= 15 is 0 Å².